The van der Waals surface area contributed by atoms with Gasteiger partial charge in [-0.15, -0.1) is 5.10 Å². The van der Waals surface area contributed by atoms with Gasteiger partial charge < -0.3 is 10.9 Å². The van der Waals surface area contributed by atoms with E-state index in [1.165, 1.54) is 0 Å². The zero-order valence-electron chi connectivity index (χ0n) is 9.24. The van der Waals surface area contributed by atoms with E-state index in [1.54, 1.807) is 4.68 Å². The molecular weight excluding hydrogens is 208 g/mol. The Hall–Kier alpha value is -1.63. The van der Waals surface area contributed by atoms with Crippen LogP contribution in [0.25, 0.3) is 0 Å². The van der Waals surface area contributed by atoms with Gasteiger partial charge in [0.2, 0.25) is 0 Å². The summed E-state index contributed by atoms with van der Waals surface area (Å²) in [4.78, 5) is 2.15. The molecule has 1 atom stereocenters. The molecule has 88 valence electrons. The summed E-state index contributed by atoms with van der Waals surface area (Å²) in [5.74, 6) is 0.279. The number of amidine groups is 1. The van der Waals surface area contributed by atoms with Crippen molar-refractivity contribution < 1.29 is 5.21 Å². The Bertz CT molecular complexity index is 387. The van der Waals surface area contributed by atoms with Gasteiger partial charge in [0.15, 0.2) is 5.84 Å². The van der Waals surface area contributed by atoms with Crippen molar-refractivity contribution in [1.29, 1.82) is 0 Å². The maximum absolute atomic E-state index is 8.69. The van der Waals surface area contributed by atoms with Crippen LogP contribution < -0.4 is 5.73 Å². The zero-order chi connectivity index (χ0) is 11.5. The maximum Gasteiger partial charge on any atom is 0.156 e. The van der Waals surface area contributed by atoms with Crippen LogP contribution in [0.2, 0.25) is 0 Å². The minimum atomic E-state index is 0.0204. The highest BCUT2D eigenvalue weighted by Gasteiger charge is 2.28. The lowest BCUT2D eigenvalue weighted by molar-refractivity contribution is 0.272. The zero-order valence-corrected chi connectivity index (χ0v) is 9.24. The highest BCUT2D eigenvalue weighted by Crippen LogP contribution is 2.19. The number of oxime groups is 1. The van der Waals surface area contributed by atoms with Crippen molar-refractivity contribution in [3.05, 3.63) is 11.9 Å². The second kappa shape index (κ2) is 4.48. The highest BCUT2D eigenvalue weighted by molar-refractivity contribution is 5.85. The molecule has 1 unspecified atom stereocenters. The lowest BCUT2D eigenvalue weighted by atomic mass is 10.2. The van der Waals surface area contributed by atoms with Crippen LogP contribution in [0.4, 0.5) is 0 Å². The summed E-state index contributed by atoms with van der Waals surface area (Å²) in [6.45, 7) is 1.63. The van der Waals surface area contributed by atoms with Crippen molar-refractivity contribution in [3.63, 3.8) is 0 Å². The minimum absolute atomic E-state index is 0.0204. The Kier molecular flexibility index (Phi) is 3.04. The summed E-state index contributed by atoms with van der Waals surface area (Å²) in [5, 5.41) is 19.7. The third kappa shape index (κ3) is 2.13. The van der Waals surface area contributed by atoms with Crippen LogP contribution in [0.3, 0.4) is 0 Å². The molecule has 0 bridgehead atoms. The largest absolute Gasteiger partial charge is 0.409 e. The smallest absolute Gasteiger partial charge is 0.156 e. The molecule has 1 saturated heterocycles. The van der Waals surface area contributed by atoms with Crippen molar-refractivity contribution >= 4 is 5.84 Å². The van der Waals surface area contributed by atoms with Crippen molar-refractivity contribution in [2.24, 2.45) is 17.9 Å². The predicted molar refractivity (Wildman–Crippen MR) is 57.8 cm³/mol. The van der Waals surface area contributed by atoms with E-state index in [9.17, 15) is 0 Å². The molecule has 1 aromatic rings. The molecule has 0 amide bonds. The standard InChI is InChI=1S/C9H16N6O/c1-14-5-7(11-13-14)6-15-4-2-3-8(15)9(10)12-16/h5,8,16H,2-4,6H2,1H3,(H2,10,12). The van der Waals surface area contributed by atoms with Crippen molar-refractivity contribution in [2.45, 2.75) is 25.4 Å². The number of aromatic nitrogens is 3. The second-order valence-corrected chi connectivity index (χ2v) is 4.04. The third-order valence-corrected chi connectivity index (χ3v) is 2.84. The summed E-state index contributed by atoms with van der Waals surface area (Å²) in [6, 6.07) is 0.0204. The average molecular weight is 224 g/mol. The van der Waals surface area contributed by atoms with Gasteiger partial charge in [0, 0.05) is 19.8 Å². The van der Waals surface area contributed by atoms with Crippen LogP contribution >= 0.6 is 0 Å². The van der Waals surface area contributed by atoms with E-state index in [-0.39, 0.29) is 11.9 Å². The van der Waals surface area contributed by atoms with Gasteiger partial charge in [-0.25, -0.2) is 0 Å². The van der Waals surface area contributed by atoms with Gasteiger partial charge in [0.25, 0.3) is 0 Å². The van der Waals surface area contributed by atoms with Crippen molar-refractivity contribution in [1.82, 2.24) is 19.9 Å². The van der Waals surface area contributed by atoms with E-state index >= 15 is 0 Å². The van der Waals surface area contributed by atoms with E-state index in [2.05, 4.69) is 20.4 Å². The Morgan fingerprint density at radius 3 is 3.19 bits per heavy atom. The maximum atomic E-state index is 8.69. The Morgan fingerprint density at radius 1 is 1.75 bits per heavy atom. The molecule has 0 radical (unpaired) electrons. The van der Waals surface area contributed by atoms with Gasteiger partial charge in [0.05, 0.1) is 11.7 Å². The lowest BCUT2D eigenvalue weighted by Gasteiger charge is -2.21. The molecule has 7 nitrogen and oxygen atoms in total. The van der Waals surface area contributed by atoms with E-state index < -0.39 is 0 Å². The van der Waals surface area contributed by atoms with E-state index in [0.29, 0.717) is 6.54 Å². The summed E-state index contributed by atoms with van der Waals surface area (Å²) < 4.78 is 1.67. The lowest BCUT2D eigenvalue weighted by Crippen LogP contribution is -2.40. The van der Waals surface area contributed by atoms with E-state index in [4.69, 9.17) is 10.9 Å². The fraction of sp³-hybridized carbons (Fsp3) is 0.667. The van der Waals surface area contributed by atoms with Crippen LogP contribution in [0.15, 0.2) is 11.4 Å². The number of aryl methyl sites for hydroxylation is 1. The third-order valence-electron chi connectivity index (χ3n) is 2.84. The Morgan fingerprint density at radius 2 is 2.56 bits per heavy atom. The molecule has 2 heterocycles. The van der Waals surface area contributed by atoms with Gasteiger partial charge in [0.1, 0.15) is 0 Å². The number of hydrogen-bond donors (Lipinski definition) is 2. The van der Waals surface area contributed by atoms with Gasteiger partial charge in [-0.1, -0.05) is 10.4 Å². The molecule has 0 spiro atoms. The first-order chi connectivity index (χ1) is 7.70. The van der Waals surface area contributed by atoms with Gasteiger partial charge in [-0.3, -0.25) is 9.58 Å². The Balaban J connectivity index is 2.04. The molecule has 7 heteroatoms. The molecule has 0 aromatic carbocycles. The van der Waals surface area contributed by atoms with Crippen LogP contribution in [-0.4, -0.2) is 43.5 Å². The SMILES string of the molecule is Cn1cc(CN2CCCC2/C(N)=N/O)nn1. The first kappa shape index (κ1) is 10.9. The number of rotatable bonds is 3. The van der Waals surface area contributed by atoms with Crippen LogP contribution in [0.5, 0.6) is 0 Å². The van der Waals surface area contributed by atoms with Crippen LogP contribution in [-0.2, 0) is 13.6 Å². The van der Waals surface area contributed by atoms with Gasteiger partial charge in [-0.2, -0.15) is 0 Å². The molecule has 1 fully saturated rings. The molecule has 1 aliphatic rings. The molecule has 1 aromatic heterocycles. The van der Waals surface area contributed by atoms with Crippen LogP contribution in [0, 0.1) is 0 Å². The highest BCUT2D eigenvalue weighted by atomic mass is 16.4. The molecule has 1 aliphatic heterocycles. The quantitative estimate of drug-likeness (QED) is 0.313. The van der Waals surface area contributed by atoms with Gasteiger partial charge in [-0.05, 0) is 19.4 Å². The summed E-state index contributed by atoms with van der Waals surface area (Å²) >= 11 is 0. The summed E-state index contributed by atoms with van der Waals surface area (Å²) in [7, 11) is 1.83. The molecule has 0 saturated carbocycles. The number of hydrogen-bond acceptors (Lipinski definition) is 5. The summed E-state index contributed by atoms with van der Waals surface area (Å²) in [5.41, 5.74) is 6.55. The second-order valence-electron chi connectivity index (χ2n) is 4.04. The first-order valence-corrected chi connectivity index (χ1v) is 5.27. The average Bonchev–Trinajstić information content (AvgIpc) is 2.87. The fourth-order valence-electron chi connectivity index (χ4n) is 2.09. The minimum Gasteiger partial charge on any atom is -0.409 e. The fourth-order valence-corrected chi connectivity index (χ4v) is 2.09. The molecular formula is C9H16N6O. The molecule has 16 heavy (non-hydrogen) atoms. The number of likely N-dealkylation sites (tertiary alicyclic amines) is 1. The number of nitrogens with two attached hydrogens (primary N) is 1. The predicted octanol–water partition coefficient (Wildman–Crippen LogP) is -0.474. The van der Waals surface area contributed by atoms with E-state index in [1.807, 2.05) is 13.2 Å². The monoisotopic (exact) mass is 224 g/mol. The molecule has 2 rings (SSSR count). The van der Waals surface area contributed by atoms with Crippen molar-refractivity contribution in [2.75, 3.05) is 6.54 Å². The Labute approximate surface area is 93.5 Å². The molecule has 0 aliphatic carbocycles. The topological polar surface area (TPSA) is 92.6 Å². The molecule has 3 N–H and O–H groups in total. The van der Waals surface area contributed by atoms with Crippen LogP contribution in [0.1, 0.15) is 18.5 Å². The first-order valence-electron chi connectivity index (χ1n) is 5.27. The number of nitrogens with zero attached hydrogens (tertiary/aromatic N) is 5. The van der Waals surface area contributed by atoms with Gasteiger partial charge >= 0.3 is 0 Å². The van der Waals surface area contributed by atoms with E-state index in [0.717, 1.165) is 25.1 Å². The normalized spacial score (nSPS) is 22.8. The summed E-state index contributed by atoms with van der Waals surface area (Å²) in [6.07, 6.45) is 3.86. The van der Waals surface area contributed by atoms with Crippen molar-refractivity contribution in [3.8, 4) is 0 Å².